The number of para-hydroxylation sites is 1. The van der Waals surface area contributed by atoms with Crippen molar-refractivity contribution >= 4 is 23.6 Å². The number of rotatable bonds is 6. The van der Waals surface area contributed by atoms with Gasteiger partial charge in [0.2, 0.25) is 0 Å². The van der Waals surface area contributed by atoms with Crippen molar-refractivity contribution in [1.82, 2.24) is 15.2 Å². The van der Waals surface area contributed by atoms with Crippen LogP contribution < -0.4 is 15.9 Å². The number of benzene rings is 2. The summed E-state index contributed by atoms with van der Waals surface area (Å²) in [7, 11) is 0. The van der Waals surface area contributed by atoms with E-state index in [0.717, 1.165) is 11.1 Å². The molecule has 0 saturated carbocycles. The average molecular weight is 370 g/mol. The summed E-state index contributed by atoms with van der Waals surface area (Å²) in [6.45, 7) is 2.10. The quantitative estimate of drug-likeness (QED) is 0.514. The summed E-state index contributed by atoms with van der Waals surface area (Å²) in [6.07, 6.45) is 1.59. The predicted molar refractivity (Wildman–Crippen MR) is 101 cm³/mol. The van der Waals surface area contributed by atoms with Gasteiger partial charge in [-0.2, -0.15) is 15.2 Å². The van der Waals surface area contributed by atoms with Gasteiger partial charge in [-0.1, -0.05) is 35.9 Å². The number of nitrogens with zero attached hydrogens (tertiary/aromatic N) is 3. The van der Waals surface area contributed by atoms with Crippen molar-refractivity contribution in [1.29, 1.82) is 0 Å². The zero-order valence-electron chi connectivity index (χ0n) is 13.9. The number of hydrogen-bond donors (Lipinski definition) is 2. The Hall–Kier alpha value is -3.19. The minimum absolute atomic E-state index is 0.294. The van der Waals surface area contributed by atoms with Crippen LogP contribution in [0, 0.1) is 6.92 Å². The molecule has 26 heavy (non-hydrogen) atoms. The second kappa shape index (κ2) is 8.26. The molecule has 8 heteroatoms. The summed E-state index contributed by atoms with van der Waals surface area (Å²) < 4.78 is 5.86. The molecule has 7 nitrogen and oxygen atoms in total. The first kappa shape index (κ1) is 17.6. The highest BCUT2D eigenvalue weighted by atomic mass is 35.5. The van der Waals surface area contributed by atoms with Gasteiger partial charge in [0.15, 0.2) is 5.82 Å². The molecule has 0 amide bonds. The number of aryl methyl sites for hydroxylation is 1. The topological polar surface area (TPSA) is 92.3 Å². The molecule has 0 aliphatic carbocycles. The number of nitrogens with one attached hydrogen (secondary N) is 2. The summed E-state index contributed by atoms with van der Waals surface area (Å²) in [6, 6.07) is 15.0. The average Bonchev–Trinajstić information content (AvgIpc) is 2.64. The SMILES string of the molecule is Cc1n[nH]c(=O)nc1N/N=C\c1ccccc1OCc1cccc(Cl)c1. The number of hydrazone groups is 1. The van der Waals surface area contributed by atoms with Gasteiger partial charge in [-0.3, -0.25) is 5.43 Å². The fourth-order valence-corrected chi connectivity index (χ4v) is 2.38. The summed E-state index contributed by atoms with van der Waals surface area (Å²) in [5.41, 5.74) is 4.45. The maximum atomic E-state index is 11.2. The number of aromatic nitrogens is 3. The molecule has 1 aromatic heterocycles. The van der Waals surface area contributed by atoms with Crippen molar-refractivity contribution in [2.45, 2.75) is 13.5 Å². The van der Waals surface area contributed by atoms with E-state index in [1.165, 1.54) is 0 Å². The summed E-state index contributed by atoms with van der Waals surface area (Å²) in [5.74, 6) is 0.967. The van der Waals surface area contributed by atoms with Gasteiger partial charge in [-0.15, -0.1) is 0 Å². The van der Waals surface area contributed by atoms with E-state index >= 15 is 0 Å². The molecular formula is C18H16ClN5O2. The van der Waals surface area contributed by atoms with E-state index in [4.69, 9.17) is 16.3 Å². The molecule has 0 aliphatic rings. The minimum Gasteiger partial charge on any atom is -0.488 e. The Morgan fingerprint density at radius 1 is 1.27 bits per heavy atom. The Bertz CT molecular complexity index is 987. The van der Waals surface area contributed by atoms with Crippen LogP contribution in [0.25, 0.3) is 0 Å². The molecule has 0 saturated heterocycles. The van der Waals surface area contributed by atoms with E-state index in [-0.39, 0.29) is 0 Å². The zero-order valence-corrected chi connectivity index (χ0v) is 14.7. The summed E-state index contributed by atoms with van der Waals surface area (Å²) in [5, 5.41) is 10.9. The molecule has 0 radical (unpaired) electrons. The largest absolute Gasteiger partial charge is 0.488 e. The third kappa shape index (κ3) is 4.67. The summed E-state index contributed by atoms with van der Waals surface area (Å²) in [4.78, 5) is 15.0. The second-order valence-corrected chi connectivity index (χ2v) is 5.84. The Kier molecular flexibility index (Phi) is 5.60. The van der Waals surface area contributed by atoms with Gasteiger partial charge >= 0.3 is 5.69 Å². The van der Waals surface area contributed by atoms with Crippen LogP contribution in [-0.4, -0.2) is 21.4 Å². The zero-order chi connectivity index (χ0) is 18.4. The number of halogens is 1. The molecular weight excluding hydrogens is 354 g/mol. The van der Waals surface area contributed by atoms with E-state index in [1.54, 1.807) is 13.1 Å². The maximum absolute atomic E-state index is 11.2. The molecule has 0 atom stereocenters. The molecule has 0 spiro atoms. The van der Waals surface area contributed by atoms with Gasteiger partial charge in [-0.25, -0.2) is 9.89 Å². The third-order valence-electron chi connectivity index (χ3n) is 3.45. The molecule has 3 aromatic rings. The lowest BCUT2D eigenvalue weighted by Crippen LogP contribution is -2.15. The van der Waals surface area contributed by atoms with Gasteiger partial charge in [-0.05, 0) is 36.8 Å². The first-order valence-electron chi connectivity index (χ1n) is 7.80. The van der Waals surface area contributed by atoms with Crippen molar-refractivity contribution in [2.24, 2.45) is 5.10 Å². The molecule has 132 valence electrons. The number of H-pyrrole nitrogens is 1. The standard InChI is InChI=1S/C18H16ClN5O2/c1-12-17(21-18(25)24-22-12)23-20-10-14-6-2-3-8-16(14)26-11-13-5-4-7-15(19)9-13/h2-10H,11H2,1H3,(H2,21,23,24,25)/b20-10-. The lowest BCUT2D eigenvalue weighted by Gasteiger charge is -2.09. The normalized spacial score (nSPS) is 10.8. The number of anilines is 1. The number of aromatic amines is 1. The molecule has 1 heterocycles. The van der Waals surface area contributed by atoms with Crippen molar-refractivity contribution in [3.8, 4) is 5.75 Å². The first-order chi connectivity index (χ1) is 12.6. The minimum atomic E-state index is -0.543. The van der Waals surface area contributed by atoms with Crippen molar-refractivity contribution in [2.75, 3.05) is 5.43 Å². The van der Waals surface area contributed by atoms with Crippen LogP contribution in [0.1, 0.15) is 16.8 Å². The van der Waals surface area contributed by atoms with Crippen LogP contribution in [0.4, 0.5) is 5.82 Å². The highest BCUT2D eigenvalue weighted by Crippen LogP contribution is 2.19. The van der Waals surface area contributed by atoms with E-state index in [9.17, 15) is 4.79 Å². The Morgan fingerprint density at radius 2 is 2.12 bits per heavy atom. The van der Waals surface area contributed by atoms with E-state index in [1.807, 2.05) is 48.5 Å². The van der Waals surface area contributed by atoms with Crippen molar-refractivity contribution < 1.29 is 4.74 Å². The van der Waals surface area contributed by atoms with E-state index in [0.29, 0.717) is 28.9 Å². The van der Waals surface area contributed by atoms with Gasteiger partial charge < -0.3 is 4.74 Å². The number of ether oxygens (including phenoxy) is 1. The second-order valence-electron chi connectivity index (χ2n) is 5.40. The lowest BCUT2D eigenvalue weighted by molar-refractivity contribution is 0.306. The monoisotopic (exact) mass is 369 g/mol. The molecule has 3 rings (SSSR count). The van der Waals surface area contributed by atoms with Gasteiger partial charge in [0.25, 0.3) is 0 Å². The molecule has 0 aliphatic heterocycles. The molecule has 2 N–H and O–H groups in total. The fraction of sp³-hybridized carbons (Fsp3) is 0.111. The number of hydrogen-bond acceptors (Lipinski definition) is 6. The van der Waals surface area contributed by atoms with E-state index < -0.39 is 5.69 Å². The Labute approximate surface area is 154 Å². The van der Waals surface area contributed by atoms with Crippen LogP contribution in [0.5, 0.6) is 5.75 Å². The highest BCUT2D eigenvalue weighted by Gasteiger charge is 2.03. The predicted octanol–water partition coefficient (Wildman–Crippen LogP) is 3.15. The van der Waals surface area contributed by atoms with Crippen LogP contribution in [0.2, 0.25) is 5.02 Å². The molecule has 0 fully saturated rings. The van der Waals surface area contributed by atoms with Crippen LogP contribution in [0.15, 0.2) is 58.4 Å². The lowest BCUT2D eigenvalue weighted by atomic mass is 10.2. The Balaban J connectivity index is 1.70. The van der Waals surface area contributed by atoms with Crippen LogP contribution in [0.3, 0.4) is 0 Å². The maximum Gasteiger partial charge on any atom is 0.363 e. The van der Waals surface area contributed by atoms with Crippen LogP contribution in [-0.2, 0) is 6.61 Å². The third-order valence-corrected chi connectivity index (χ3v) is 3.69. The van der Waals surface area contributed by atoms with Crippen LogP contribution >= 0.6 is 11.6 Å². The fourth-order valence-electron chi connectivity index (χ4n) is 2.17. The van der Waals surface area contributed by atoms with Crippen molar-refractivity contribution in [3.63, 3.8) is 0 Å². The smallest absolute Gasteiger partial charge is 0.363 e. The molecule has 2 aromatic carbocycles. The molecule has 0 bridgehead atoms. The first-order valence-corrected chi connectivity index (χ1v) is 8.18. The Morgan fingerprint density at radius 3 is 2.96 bits per heavy atom. The van der Waals surface area contributed by atoms with Gasteiger partial charge in [0.05, 0.1) is 6.21 Å². The summed E-state index contributed by atoms with van der Waals surface area (Å²) >= 11 is 5.99. The highest BCUT2D eigenvalue weighted by molar-refractivity contribution is 6.30. The van der Waals surface area contributed by atoms with Gasteiger partial charge in [0, 0.05) is 10.6 Å². The van der Waals surface area contributed by atoms with E-state index in [2.05, 4.69) is 25.7 Å². The van der Waals surface area contributed by atoms with Gasteiger partial charge in [0.1, 0.15) is 18.1 Å². The van der Waals surface area contributed by atoms with Crippen molar-refractivity contribution in [3.05, 3.63) is 80.9 Å². The molecule has 0 unspecified atom stereocenters.